The second kappa shape index (κ2) is 10.4. The molecule has 0 atom stereocenters. The Bertz CT molecular complexity index is 101. The van der Waals surface area contributed by atoms with Gasteiger partial charge in [-0.05, 0) is 0 Å². The van der Waals surface area contributed by atoms with Crippen LogP contribution in [0, 0.1) is 0 Å². The van der Waals surface area contributed by atoms with Crippen molar-refractivity contribution in [1.29, 1.82) is 0 Å². The first-order chi connectivity index (χ1) is 5.79. The highest BCUT2D eigenvalue weighted by atomic mass is 16.5. The second-order valence-electron chi connectivity index (χ2n) is 1.93. The first kappa shape index (κ1) is 14.0. The standard InChI is InChI=1S/C5H9NO2.2C2H6/c1-4(7)6-5-2-8-3-5;2*1-2/h5H,2-3H2,1H3,(H,6,7);2*1-2H3. The van der Waals surface area contributed by atoms with Crippen molar-refractivity contribution in [1.82, 2.24) is 5.32 Å². The van der Waals surface area contributed by atoms with E-state index in [0.29, 0.717) is 13.2 Å². The molecule has 3 heteroatoms. The fraction of sp³-hybridized carbons (Fsp3) is 0.889. The Balaban J connectivity index is 0. The van der Waals surface area contributed by atoms with Gasteiger partial charge in [0.15, 0.2) is 0 Å². The maximum absolute atomic E-state index is 10.3. The molecule has 0 bridgehead atoms. The van der Waals surface area contributed by atoms with Gasteiger partial charge in [-0.25, -0.2) is 0 Å². The molecule has 0 saturated carbocycles. The third-order valence-electron chi connectivity index (χ3n) is 1.05. The first-order valence-electron chi connectivity index (χ1n) is 4.64. The number of hydrogen-bond donors (Lipinski definition) is 1. The number of nitrogens with one attached hydrogen (secondary N) is 1. The van der Waals surface area contributed by atoms with Crippen LogP contribution in [0.1, 0.15) is 34.6 Å². The lowest BCUT2D eigenvalue weighted by Crippen LogP contribution is -2.47. The summed E-state index contributed by atoms with van der Waals surface area (Å²) in [6.07, 6.45) is 0. The molecule has 0 aromatic heterocycles. The fourth-order valence-corrected chi connectivity index (χ4v) is 0.606. The van der Waals surface area contributed by atoms with Crippen LogP contribution in [0.15, 0.2) is 0 Å². The smallest absolute Gasteiger partial charge is 0.217 e. The van der Waals surface area contributed by atoms with Crippen LogP contribution < -0.4 is 5.32 Å². The minimum absolute atomic E-state index is 0.0262. The lowest BCUT2D eigenvalue weighted by molar-refractivity contribution is -0.123. The van der Waals surface area contributed by atoms with Gasteiger partial charge in [0.05, 0.1) is 19.3 Å². The van der Waals surface area contributed by atoms with E-state index in [9.17, 15) is 4.79 Å². The lowest BCUT2D eigenvalue weighted by atomic mass is 10.2. The highest BCUT2D eigenvalue weighted by Crippen LogP contribution is 1.97. The summed E-state index contributed by atoms with van der Waals surface area (Å²) >= 11 is 0. The van der Waals surface area contributed by atoms with Gasteiger partial charge in [-0.2, -0.15) is 0 Å². The molecular formula is C9H21NO2. The Hall–Kier alpha value is -0.570. The van der Waals surface area contributed by atoms with E-state index in [1.54, 1.807) is 0 Å². The summed E-state index contributed by atoms with van der Waals surface area (Å²) in [5, 5.41) is 2.72. The topological polar surface area (TPSA) is 38.3 Å². The summed E-state index contributed by atoms with van der Waals surface area (Å²) in [6.45, 7) is 10.9. The molecule has 3 nitrogen and oxygen atoms in total. The summed E-state index contributed by atoms with van der Waals surface area (Å²) in [4.78, 5) is 10.3. The Morgan fingerprint density at radius 1 is 1.25 bits per heavy atom. The van der Waals surface area contributed by atoms with Gasteiger partial charge in [0.2, 0.25) is 5.91 Å². The zero-order chi connectivity index (χ0) is 9.98. The maximum atomic E-state index is 10.3. The third-order valence-corrected chi connectivity index (χ3v) is 1.05. The summed E-state index contributed by atoms with van der Waals surface area (Å²) in [5.41, 5.74) is 0. The number of rotatable bonds is 1. The Labute approximate surface area is 75.5 Å². The molecule has 0 aromatic carbocycles. The number of ether oxygens (including phenoxy) is 1. The molecule has 0 spiro atoms. The molecule has 1 saturated heterocycles. The Morgan fingerprint density at radius 3 is 1.75 bits per heavy atom. The van der Waals surface area contributed by atoms with Crippen LogP contribution in [0.4, 0.5) is 0 Å². The van der Waals surface area contributed by atoms with Crippen molar-refractivity contribution in [2.24, 2.45) is 0 Å². The molecule has 0 radical (unpaired) electrons. The fourth-order valence-electron chi connectivity index (χ4n) is 0.606. The molecule has 0 aromatic rings. The van der Waals surface area contributed by atoms with Gasteiger partial charge in [-0.3, -0.25) is 4.79 Å². The molecule has 1 rings (SSSR count). The van der Waals surface area contributed by atoms with Crippen molar-refractivity contribution in [3.05, 3.63) is 0 Å². The third kappa shape index (κ3) is 7.54. The summed E-state index contributed by atoms with van der Waals surface area (Å²) in [5.74, 6) is 0.0262. The molecule has 1 amide bonds. The zero-order valence-electron chi connectivity index (χ0n) is 8.81. The molecule has 0 aliphatic carbocycles. The lowest BCUT2D eigenvalue weighted by Gasteiger charge is -2.25. The van der Waals surface area contributed by atoms with E-state index in [1.807, 2.05) is 27.7 Å². The van der Waals surface area contributed by atoms with Crippen molar-refractivity contribution in [2.75, 3.05) is 13.2 Å². The van der Waals surface area contributed by atoms with E-state index in [1.165, 1.54) is 6.92 Å². The minimum Gasteiger partial charge on any atom is -0.377 e. The predicted molar refractivity (Wildman–Crippen MR) is 51.1 cm³/mol. The van der Waals surface area contributed by atoms with Crippen LogP contribution in [0.5, 0.6) is 0 Å². The van der Waals surface area contributed by atoms with Crippen molar-refractivity contribution in [2.45, 2.75) is 40.7 Å². The molecule has 1 aliphatic heterocycles. The summed E-state index contributed by atoms with van der Waals surface area (Å²) in [6, 6.07) is 0.285. The predicted octanol–water partition coefficient (Wildman–Crippen LogP) is 1.57. The van der Waals surface area contributed by atoms with Gasteiger partial charge in [0.25, 0.3) is 0 Å². The van der Waals surface area contributed by atoms with Gasteiger partial charge in [-0.15, -0.1) is 0 Å². The number of amides is 1. The van der Waals surface area contributed by atoms with Crippen molar-refractivity contribution in [3.8, 4) is 0 Å². The van der Waals surface area contributed by atoms with E-state index in [2.05, 4.69) is 5.32 Å². The molecule has 1 fully saturated rings. The van der Waals surface area contributed by atoms with Crippen molar-refractivity contribution >= 4 is 5.91 Å². The van der Waals surface area contributed by atoms with E-state index in [-0.39, 0.29) is 11.9 Å². The van der Waals surface area contributed by atoms with E-state index in [4.69, 9.17) is 4.74 Å². The van der Waals surface area contributed by atoms with Crippen LogP contribution in [-0.2, 0) is 9.53 Å². The molecule has 1 heterocycles. The quantitative estimate of drug-likeness (QED) is 0.657. The Morgan fingerprint density at radius 2 is 1.67 bits per heavy atom. The average molecular weight is 175 g/mol. The molecule has 0 unspecified atom stereocenters. The second-order valence-corrected chi connectivity index (χ2v) is 1.93. The molecule has 12 heavy (non-hydrogen) atoms. The van der Waals surface area contributed by atoms with E-state index in [0.717, 1.165) is 0 Å². The van der Waals surface area contributed by atoms with Gasteiger partial charge >= 0.3 is 0 Å². The number of carbonyl (C=O) groups excluding carboxylic acids is 1. The van der Waals surface area contributed by atoms with E-state index >= 15 is 0 Å². The average Bonchev–Trinajstić information content (AvgIpc) is 2.05. The molecular weight excluding hydrogens is 154 g/mol. The number of hydrogen-bond acceptors (Lipinski definition) is 2. The first-order valence-corrected chi connectivity index (χ1v) is 4.64. The van der Waals surface area contributed by atoms with Crippen LogP contribution in [0.3, 0.4) is 0 Å². The van der Waals surface area contributed by atoms with Crippen molar-refractivity contribution < 1.29 is 9.53 Å². The highest BCUT2D eigenvalue weighted by Gasteiger charge is 2.17. The van der Waals surface area contributed by atoms with Crippen LogP contribution in [0.25, 0.3) is 0 Å². The zero-order valence-corrected chi connectivity index (χ0v) is 8.81. The summed E-state index contributed by atoms with van der Waals surface area (Å²) < 4.78 is 4.82. The molecule has 74 valence electrons. The van der Waals surface area contributed by atoms with Crippen LogP contribution >= 0.6 is 0 Å². The van der Waals surface area contributed by atoms with Gasteiger partial charge < -0.3 is 10.1 Å². The van der Waals surface area contributed by atoms with Crippen molar-refractivity contribution in [3.63, 3.8) is 0 Å². The normalized spacial score (nSPS) is 14.1. The summed E-state index contributed by atoms with van der Waals surface area (Å²) in [7, 11) is 0. The van der Waals surface area contributed by atoms with Gasteiger partial charge in [0.1, 0.15) is 0 Å². The van der Waals surface area contributed by atoms with E-state index < -0.39 is 0 Å². The largest absolute Gasteiger partial charge is 0.377 e. The van der Waals surface area contributed by atoms with Gasteiger partial charge in [0, 0.05) is 6.92 Å². The minimum atomic E-state index is 0.0262. The van der Waals surface area contributed by atoms with Gasteiger partial charge in [-0.1, -0.05) is 27.7 Å². The highest BCUT2D eigenvalue weighted by molar-refractivity contribution is 5.73. The molecule has 1 aliphatic rings. The maximum Gasteiger partial charge on any atom is 0.217 e. The SMILES string of the molecule is CC.CC.CC(=O)NC1COC1. The Kier molecular flexibility index (Phi) is 12.2. The molecule has 1 N–H and O–H groups in total. The monoisotopic (exact) mass is 175 g/mol. The van der Waals surface area contributed by atoms with Crippen LogP contribution in [0.2, 0.25) is 0 Å². The number of carbonyl (C=O) groups is 1. The van der Waals surface area contributed by atoms with Crippen LogP contribution in [-0.4, -0.2) is 25.2 Å².